The maximum atomic E-state index is 12.2. The van der Waals surface area contributed by atoms with Gasteiger partial charge in [0.2, 0.25) is 0 Å². The lowest BCUT2D eigenvalue weighted by Crippen LogP contribution is -2.39. The molecule has 1 aliphatic rings. The predicted octanol–water partition coefficient (Wildman–Crippen LogP) is 5.82. The molecule has 4 nitrogen and oxygen atoms in total. The minimum Gasteiger partial charge on any atom is -0.320 e. The van der Waals surface area contributed by atoms with E-state index in [1.807, 2.05) is 23.1 Å². The maximum absolute atomic E-state index is 12.2. The number of aryl methyl sites for hydroxylation is 2. The largest absolute Gasteiger partial charge is 0.320 e. The first-order valence-electron chi connectivity index (χ1n) is 9.58. The van der Waals surface area contributed by atoms with E-state index in [1.54, 1.807) is 18.7 Å². The molecule has 0 aromatic heterocycles. The highest BCUT2D eigenvalue weighted by molar-refractivity contribution is 7.99. The first-order valence-corrected chi connectivity index (χ1v) is 11.9. The summed E-state index contributed by atoms with van der Waals surface area (Å²) in [6.45, 7) is 6.09. The van der Waals surface area contributed by atoms with Gasteiger partial charge in [-0.05, 0) is 48.6 Å². The summed E-state index contributed by atoms with van der Waals surface area (Å²) in [5, 5.41) is -0.996. The van der Waals surface area contributed by atoms with Crippen LogP contribution in [0.4, 0.5) is 11.4 Å². The van der Waals surface area contributed by atoms with E-state index in [4.69, 9.17) is 0 Å². The molecule has 27 heavy (non-hydrogen) atoms. The van der Waals surface area contributed by atoms with Crippen LogP contribution >= 0.6 is 11.8 Å². The van der Waals surface area contributed by atoms with Crippen LogP contribution in [0.3, 0.4) is 0 Å². The average molecular weight is 406 g/mol. The molecule has 1 atom stereocenters. The van der Waals surface area contributed by atoms with Crippen LogP contribution in [0.15, 0.2) is 46.2 Å². The van der Waals surface area contributed by atoms with Gasteiger partial charge < -0.3 is 4.90 Å². The molecule has 1 unspecified atom stereocenters. The highest BCUT2D eigenvalue weighted by atomic mass is 32.2. The Morgan fingerprint density at radius 1 is 1.04 bits per heavy atom. The van der Waals surface area contributed by atoms with Gasteiger partial charge in [-0.2, -0.15) is 8.42 Å². The lowest BCUT2D eigenvalue weighted by Gasteiger charge is -2.37. The summed E-state index contributed by atoms with van der Waals surface area (Å²) < 4.78 is 34.3. The Morgan fingerprint density at radius 2 is 1.78 bits per heavy atom. The zero-order valence-electron chi connectivity index (χ0n) is 16.1. The molecule has 0 saturated carbocycles. The van der Waals surface area contributed by atoms with E-state index in [9.17, 15) is 13.0 Å². The molecule has 0 bridgehead atoms. The molecule has 0 radical (unpaired) electrons. The van der Waals surface area contributed by atoms with Gasteiger partial charge in [-0.25, -0.2) is 0 Å². The van der Waals surface area contributed by atoms with Crippen LogP contribution in [0, 0.1) is 0 Å². The molecular formula is C21H27NO3S2. The molecule has 1 N–H and O–H groups in total. The fraction of sp³-hybridized carbons (Fsp3) is 0.429. The highest BCUT2D eigenvalue weighted by Gasteiger charge is 2.35. The zero-order chi connectivity index (χ0) is 19.6. The van der Waals surface area contributed by atoms with Gasteiger partial charge in [-0.3, -0.25) is 4.55 Å². The van der Waals surface area contributed by atoms with Crippen molar-refractivity contribution in [3.63, 3.8) is 0 Å². The summed E-state index contributed by atoms with van der Waals surface area (Å²) in [5.74, 6) is 0. The quantitative estimate of drug-likeness (QED) is 0.588. The van der Waals surface area contributed by atoms with Crippen molar-refractivity contribution in [1.29, 1.82) is 0 Å². The van der Waals surface area contributed by atoms with Crippen molar-refractivity contribution in [2.75, 3.05) is 4.90 Å². The molecule has 0 aliphatic carbocycles. The van der Waals surface area contributed by atoms with E-state index in [0.29, 0.717) is 6.42 Å². The van der Waals surface area contributed by atoms with Crippen LogP contribution in [0.1, 0.15) is 51.2 Å². The van der Waals surface area contributed by atoms with E-state index in [1.165, 1.54) is 11.1 Å². The minimum absolute atomic E-state index is 0.303. The lowest BCUT2D eigenvalue weighted by molar-refractivity contribution is 0.464. The van der Waals surface area contributed by atoms with Crippen LogP contribution < -0.4 is 4.90 Å². The summed E-state index contributed by atoms with van der Waals surface area (Å²) in [4.78, 5) is 3.97. The van der Waals surface area contributed by atoms with Gasteiger partial charge in [0.1, 0.15) is 0 Å². The van der Waals surface area contributed by atoms with E-state index in [2.05, 4.69) is 32.0 Å². The Morgan fingerprint density at radius 3 is 2.41 bits per heavy atom. The van der Waals surface area contributed by atoms with E-state index in [0.717, 1.165) is 46.8 Å². The van der Waals surface area contributed by atoms with Crippen molar-refractivity contribution in [1.82, 2.24) is 0 Å². The standard InChI is InChI=1S/C21H27NO3S2/c1-4-8-15-12-13-17-19(14-15)26-21-16(9-5-2)10-7-11-18(21)22(17)20(6-3)27(23,24)25/h7,10-14,20H,4-6,8-9H2,1-3H3,(H,23,24,25). The van der Waals surface area contributed by atoms with E-state index in [-0.39, 0.29) is 0 Å². The molecule has 1 aliphatic heterocycles. The Hall–Kier alpha value is -1.50. The van der Waals surface area contributed by atoms with Crippen LogP contribution in [0.2, 0.25) is 0 Å². The fourth-order valence-corrected chi connectivity index (χ4v) is 5.89. The molecule has 0 fully saturated rings. The SMILES string of the molecule is CCCc1ccc2c(c1)Sc1c(CCC)cccc1N2C(CC)S(=O)(=O)O. The molecule has 0 amide bonds. The maximum Gasteiger partial charge on any atom is 0.286 e. The van der Waals surface area contributed by atoms with Crippen LogP contribution in [0.5, 0.6) is 0 Å². The third kappa shape index (κ3) is 4.03. The molecule has 2 aromatic carbocycles. The predicted molar refractivity (Wildman–Crippen MR) is 113 cm³/mol. The van der Waals surface area contributed by atoms with Crippen molar-refractivity contribution >= 4 is 33.3 Å². The monoisotopic (exact) mass is 405 g/mol. The summed E-state index contributed by atoms with van der Waals surface area (Å²) >= 11 is 1.71. The number of nitrogens with zero attached hydrogens (tertiary/aromatic N) is 1. The van der Waals surface area contributed by atoms with Gasteiger partial charge in [-0.15, -0.1) is 0 Å². The third-order valence-electron chi connectivity index (χ3n) is 4.87. The van der Waals surface area contributed by atoms with Crippen molar-refractivity contribution in [3.05, 3.63) is 47.5 Å². The van der Waals surface area contributed by atoms with Crippen LogP contribution in [0.25, 0.3) is 0 Å². The number of anilines is 2. The molecule has 0 spiro atoms. The first-order chi connectivity index (χ1) is 12.9. The molecule has 0 saturated heterocycles. The number of fused-ring (bicyclic) bond motifs is 2. The molecule has 1 heterocycles. The van der Waals surface area contributed by atoms with Gasteiger partial charge in [0.05, 0.1) is 11.4 Å². The van der Waals surface area contributed by atoms with Gasteiger partial charge in [0, 0.05) is 9.79 Å². The second-order valence-electron chi connectivity index (χ2n) is 6.92. The number of benzene rings is 2. The Labute approximate surface area is 166 Å². The molecule has 3 rings (SSSR count). The highest BCUT2D eigenvalue weighted by Crippen LogP contribution is 2.51. The van der Waals surface area contributed by atoms with Crippen LogP contribution in [-0.2, 0) is 23.0 Å². The minimum atomic E-state index is -4.23. The zero-order valence-corrected chi connectivity index (χ0v) is 17.7. The average Bonchev–Trinajstić information content (AvgIpc) is 2.61. The smallest absolute Gasteiger partial charge is 0.286 e. The van der Waals surface area contributed by atoms with Gasteiger partial charge in [0.25, 0.3) is 10.1 Å². The third-order valence-corrected chi connectivity index (χ3v) is 7.32. The van der Waals surface area contributed by atoms with Crippen molar-refractivity contribution in [2.24, 2.45) is 0 Å². The number of hydrogen-bond donors (Lipinski definition) is 1. The van der Waals surface area contributed by atoms with Gasteiger partial charge in [-0.1, -0.05) is 63.6 Å². The molecule has 2 aromatic rings. The van der Waals surface area contributed by atoms with Crippen molar-refractivity contribution in [3.8, 4) is 0 Å². The second kappa shape index (κ2) is 8.25. The molecule has 146 valence electrons. The van der Waals surface area contributed by atoms with E-state index >= 15 is 0 Å². The van der Waals surface area contributed by atoms with Gasteiger partial charge >= 0.3 is 0 Å². The summed E-state index contributed by atoms with van der Waals surface area (Å²) in [6.07, 6.45) is 4.32. The number of rotatable bonds is 7. The summed E-state index contributed by atoms with van der Waals surface area (Å²) in [7, 11) is -4.23. The molecule has 6 heteroatoms. The number of hydrogen-bond acceptors (Lipinski definition) is 4. The van der Waals surface area contributed by atoms with Crippen LogP contribution in [-0.4, -0.2) is 18.3 Å². The van der Waals surface area contributed by atoms with Crippen molar-refractivity contribution in [2.45, 2.75) is 68.0 Å². The normalized spacial score (nSPS) is 14.6. The second-order valence-corrected chi connectivity index (χ2v) is 9.54. The topological polar surface area (TPSA) is 57.6 Å². The summed E-state index contributed by atoms with van der Waals surface area (Å²) in [6, 6.07) is 12.3. The molecular weight excluding hydrogens is 378 g/mol. The van der Waals surface area contributed by atoms with E-state index < -0.39 is 15.5 Å². The Bertz CT molecular complexity index is 925. The Balaban J connectivity index is 2.22. The van der Waals surface area contributed by atoms with Crippen molar-refractivity contribution < 1.29 is 13.0 Å². The fourth-order valence-electron chi connectivity index (χ4n) is 3.70. The Kier molecular flexibility index (Phi) is 6.18. The van der Waals surface area contributed by atoms with Gasteiger partial charge in [0.15, 0.2) is 5.37 Å². The first kappa shape index (κ1) is 20.2. The lowest BCUT2D eigenvalue weighted by atomic mass is 10.1. The summed E-state index contributed by atoms with van der Waals surface area (Å²) in [5.41, 5.74) is 4.19.